The summed E-state index contributed by atoms with van der Waals surface area (Å²) in [6, 6.07) is 17.8. The van der Waals surface area contributed by atoms with Crippen molar-refractivity contribution in [3.63, 3.8) is 0 Å². The molecule has 0 fully saturated rings. The summed E-state index contributed by atoms with van der Waals surface area (Å²) >= 11 is 0. The average Bonchev–Trinajstić information content (AvgIpc) is 3.11. The van der Waals surface area contributed by atoms with Gasteiger partial charge in [0.15, 0.2) is 0 Å². The van der Waals surface area contributed by atoms with E-state index in [4.69, 9.17) is 0 Å². The van der Waals surface area contributed by atoms with Crippen LogP contribution in [0.4, 0.5) is 0 Å². The molecule has 0 bridgehead atoms. The van der Waals surface area contributed by atoms with E-state index in [9.17, 15) is 0 Å². The minimum absolute atomic E-state index is 0. The van der Waals surface area contributed by atoms with Crippen LogP contribution in [0.25, 0.3) is 27.1 Å². The Morgan fingerprint density at radius 3 is 2.50 bits per heavy atom. The number of rotatable bonds is 3. The monoisotopic (exact) mass is 615 g/mol. The van der Waals surface area contributed by atoms with E-state index in [1.54, 1.807) is 0 Å². The topological polar surface area (TPSA) is 0 Å². The molecule has 0 aliphatic heterocycles. The summed E-state index contributed by atoms with van der Waals surface area (Å²) in [6.07, 6.45) is 8.10. The number of hydrogen-bond acceptors (Lipinski definition) is 0. The molecule has 0 saturated carbocycles. The van der Waals surface area contributed by atoms with Crippen LogP contribution in [0.1, 0.15) is 31.7 Å². The molecule has 3 heteroatoms. The minimum Gasteiger partial charge on any atom is -1.00 e. The van der Waals surface area contributed by atoms with Crippen molar-refractivity contribution >= 4 is 27.1 Å². The molecule has 0 atom stereocenters. The Morgan fingerprint density at radius 1 is 0.958 bits per heavy atom. The second kappa shape index (κ2) is 9.73. The third kappa shape index (κ3) is 3.93. The summed E-state index contributed by atoms with van der Waals surface area (Å²) < 4.78 is 0. The second-order valence-corrected chi connectivity index (χ2v) is 5.86. The zero-order valence-corrected chi connectivity index (χ0v) is 20.4. The van der Waals surface area contributed by atoms with Gasteiger partial charge in [-0.3, -0.25) is 0 Å². The van der Waals surface area contributed by atoms with E-state index in [-0.39, 0.29) is 74.2 Å². The van der Waals surface area contributed by atoms with E-state index in [1.165, 1.54) is 51.1 Å². The fourth-order valence-corrected chi connectivity index (χ4v) is 3.58. The number of allylic oxidation sites excluding steroid dienone is 4. The fraction of sp³-hybridized carbons (Fsp3) is 0.190. The van der Waals surface area contributed by atoms with Gasteiger partial charge in [-0.2, -0.15) is 0 Å². The van der Waals surface area contributed by atoms with E-state index in [2.05, 4.69) is 67.6 Å². The zero-order chi connectivity index (χ0) is 14.2. The summed E-state index contributed by atoms with van der Waals surface area (Å²) in [6.45, 7) is 2.26. The molecule has 24 heavy (non-hydrogen) atoms. The van der Waals surface area contributed by atoms with Gasteiger partial charge >= 0.3 is 26.2 Å². The Labute approximate surface area is 197 Å². The largest absolute Gasteiger partial charge is 3.00 e. The minimum atomic E-state index is 0. The van der Waals surface area contributed by atoms with Gasteiger partial charge in [0, 0.05) is 0 Å². The maximum atomic E-state index is 2.36. The molecule has 121 valence electrons. The van der Waals surface area contributed by atoms with Crippen LogP contribution in [0.15, 0.2) is 66.3 Å². The van der Waals surface area contributed by atoms with Crippen LogP contribution in [-0.2, 0) is 26.2 Å². The molecule has 1 radical (unpaired) electrons. The Balaban J connectivity index is 0.000000960. The first-order chi connectivity index (χ1) is 10.4. The zero-order valence-electron chi connectivity index (χ0n) is 13.7. The maximum Gasteiger partial charge on any atom is 3.00 e. The van der Waals surface area contributed by atoms with E-state index < -0.39 is 0 Å². The summed E-state index contributed by atoms with van der Waals surface area (Å²) in [5, 5.41) is 5.52. The summed E-state index contributed by atoms with van der Waals surface area (Å²) in [5.74, 6) is 0. The van der Waals surface area contributed by atoms with Crippen molar-refractivity contribution in [3.8, 4) is 0 Å². The molecular formula is C21H19I2Zr. The number of halogens is 2. The molecule has 1 aliphatic carbocycles. The van der Waals surface area contributed by atoms with Crippen LogP contribution < -0.4 is 48.0 Å². The molecule has 0 heterocycles. The van der Waals surface area contributed by atoms with Crippen molar-refractivity contribution < 1.29 is 74.2 Å². The van der Waals surface area contributed by atoms with Crippen LogP contribution in [0.3, 0.4) is 0 Å². The fourth-order valence-electron chi connectivity index (χ4n) is 3.58. The molecule has 0 spiro atoms. The van der Waals surface area contributed by atoms with E-state index in [0.29, 0.717) is 0 Å². The summed E-state index contributed by atoms with van der Waals surface area (Å²) in [4.78, 5) is 0. The molecule has 4 rings (SSSR count). The number of hydrogen-bond donors (Lipinski definition) is 0. The first-order valence-corrected chi connectivity index (χ1v) is 7.84. The van der Waals surface area contributed by atoms with Gasteiger partial charge in [0.05, 0.1) is 0 Å². The van der Waals surface area contributed by atoms with Gasteiger partial charge in [0.1, 0.15) is 0 Å². The molecule has 0 amide bonds. The van der Waals surface area contributed by atoms with Gasteiger partial charge in [-0.1, -0.05) is 78.6 Å². The first-order valence-electron chi connectivity index (χ1n) is 7.84. The molecule has 1 aliphatic rings. The van der Waals surface area contributed by atoms with E-state index in [1.807, 2.05) is 0 Å². The van der Waals surface area contributed by atoms with E-state index >= 15 is 0 Å². The molecule has 3 aromatic rings. The van der Waals surface area contributed by atoms with Gasteiger partial charge in [-0.15, -0.1) is 33.7 Å². The van der Waals surface area contributed by atoms with Crippen molar-refractivity contribution in [2.45, 2.75) is 26.2 Å². The van der Waals surface area contributed by atoms with Gasteiger partial charge < -0.3 is 48.0 Å². The van der Waals surface area contributed by atoms with Crippen molar-refractivity contribution in [3.05, 3.63) is 71.8 Å². The second-order valence-electron chi connectivity index (χ2n) is 5.86. The average molecular weight is 616 g/mol. The van der Waals surface area contributed by atoms with Crippen LogP contribution in [0.5, 0.6) is 0 Å². The third-order valence-corrected chi connectivity index (χ3v) is 4.53. The van der Waals surface area contributed by atoms with Gasteiger partial charge in [-0.05, 0) is 12.8 Å². The first kappa shape index (κ1) is 22.2. The van der Waals surface area contributed by atoms with Crippen LogP contribution >= 0.6 is 0 Å². The predicted octanol–water partition coefficient (Wildman–Crippen LogP) is 0.231. The van der Waals surface area contributed by atoms with Crippen molar-refractivity contribution in [2.24, 2.45) is 0 Å². The molecule has 0 aromatic heterocycles. The molecule has 0 saturated heterocycles. The number of benzene rings is 2. The van der Waals surface area contributed by atoms with E-state index in [0.717, 1.165) is 6.42 Å². The quantitative estimate of drug-likeness (QED) is 0.293. The van der Waals surface area contributed by atoms with Crippen LogP contribution in [0.2, 0.25) is 0 Å². The Bertz CT molecular complexity index is 887. The Morgan fingerprint density at radius 2 is 1.71 bits per heavy atom. The smallest absolute Gasteiger partial charge is 1.00 e. The summed E-state index contributed by atoms with van der Waals surface area (Å²) in [7, 11) is 0. The molecule has 0 N–H and O–H groups in total. The molecule has 0 nitrogen and oxygen atoms in total. The van der Waals surface area contributed by atoms with Crippen molar-refractivity contribution in [2.75, 3.05) is 0 Å². The normalized spacial score (nSPS) is 12.9. The Hall–Kier alpha value is 0.133. The van der Waals surface area contributed by atoms with Gasteiger partial charge in [0.25, 0.3) is 0 Å². The third-order valence-electron chi connectivity index (χ3n) is 4.53. The number of fused-ring (bicyclic) bond motifs is 3. The van der Waals surface area contributed by atoms with Crippen molar-refractivity contribution in [1.82, 2.24) is 0 Å². The standard InChI is InChI=1S/C21H19.2HI.Zr/c1-2-7-15-9-5-11-17(15)19-12-6-13-20-18-10-4-3-8-16(18)14-21(19)20;;;/h3-6,8-10,12-14H,2,7,11H2,1H3;2*1H;/q-1;;;+3/p-2. The predicted molar refractivity (Wildman–Crippen MR) is 92.6 cm³/mol. The van der Waals surface area contributed by atoms with Gasteiger partial charge in [-0.25, -0.2) is 0 Å². The molecule has 0 unspecified atom stereocenters. The SMILES string of the molecule is CCCC1=C(c2cccc3c2[cH-]c2ccccc23)CC=C1.[I-].[I-].[Zr+3]. The molecule has 3 aromatic carbocycles. The van der Waals surface area contributed by atoms with Crippen LogP contribution in [0, 0.1) is 0 Å². The van der Waals surface area contributed by atoms with Gasteiger partial charge in [0.2, 0.25) is 0 Å². The maximum absolute atomic E-state index is 2.36. The molecular weight excluding hydrogens is 597 g/mol. The summed E-state index contributed by atoms with van der Waals surface area (Å²) in [5.41, 5.74) is 4.48. The van der Waals surface area contributed by atoms with Crippen molar-refractivity contribution in [1.29, 1.82) is 0 Å². The Kier molecular flexibility index (Phi) is 8.99. The van der Waals surface area contributed by atoms with Crippen LogP contribution in [-0.4, -0.2) is 0 Å².